The van der Waals surface area contributed by atoms with E-state index in [4.69, 9.17) is 4.74 Å². The third kappa shape index (κ3) is 5.53. The second kappa shape index (κ2) is 9.28. The van der Waals surface area contributed by atoms with Crippen LogP contribution in [0, 0.1) is 0 Å². The van der Waals surface area contributed by atoms with Crippen LogP contribution in [0.2, 0.25) is 0 Å². The Kier molecular flexibility index (Phi) is 7.07. The molecule has 1 amide bonds. The summed E-state index contributed by atoms with van der Waals surface area (Å²) in [7, 11) is 4.04. The molecule has 4 nitrogen and oxygen atoms in total. The summed E-state index contributed by atoms with van der Waals surface area (Å²) in [4.78, 5) is 16.5. The van der Waals surface area contributed by atoms with E-state index in [-0.39, 0.29) is 12.0 Å². The molecule has 2 rings (SSSR count). The van der Waals surface area contributed by atoms with Crippen LogP contribution in [-0.2, 0) is 16.1 Å². The van der Waals surface area contributed by atoms with Gasteiger partial charge in [-0.25, -0.2) is 0 Å². The van der Waals surface area contributed by atoms with E-state index in [1.807, 2.05) is 38.1 Å². The maximum atomic E-state index is 12.5. The van der Waals surface area contributed by atoms with Crippen LogP contribution >= 0.6 is 0 Å². The summed E-state index contributed by atoms with van der Waals surface area (Å²) in [5.74, 6) is 0.0280. The molecule has 1 saturated heterocycles. The van der Waals surface area contributed by atoms with Crippen LogP contribution < -0.4 is 4.90 Å². The average molecular weight is 328 g/mol. The molecule has 4 heteroatoms. The molecule has 130 valence electrons. The Hall–Kier alpha value is -2.07. The summed E-state index contributed by atoms with van der Waals surface area (Å²) in [6, 6.07) is 8.33. The summed E-state index contributed by atoms with van der Waals surface area (Å²) < 4.78 is 5.71. The van der Waals surface area contributed by atoms with Crippen molar-refractivity contribution in [2.45, 2.75) is 32.4 Å². The van der Waals surface area contributed by atoms with Crippen LogP contribution in [-0.4, -0.2) is 44.2 Å². The largest absolute Gasteiger partial charge is 0.378 e. The molecule has 1 aromatic rings. The first-order valence-corrected chi connectivity index (χ1v) is 8.56. The molecule has 1 heterocycles. The first-order chi connectivity index (χ1) is 11.6. The van der Waals surface area contributed by atoms with Gasteiger partial charge in [-0.2, -0.15) is 0 Å². The topological polar surface area (TPSA) is 32.8 Å². The van der Waals surface area contributed by atoms with Crippen LogP contribution in [0.5, 0.6) is 0 Å². The van der Waals surface area contributed by atoms with Crippen molar-refractivity contribution >= 4 is 11.6 Å². The number of anilines is 1. The fourth-order valence-corrected chi connectivity index (χ4v) is 2.74. The highest BCUT2D eigenvalue weighted by atomic mass is 16.5. The second-order valence-electron chi connectivity index (χ2n) is 6.30. The van der Waals surface area contributed by atoms with Crippen molar-refractivity contribution in [2.24, 2.45) is 0 Å². The highest BCUT2D eigenvalue weighted by molar-refractivity contribution is 5.87. The number of ether oxygens (including phenoxy) is 1. The molecule has 0 radical (unpaired) electrons. The number of rotatable bonds is 7. The molecule has 0 bridgehead atoms. The molecule has 0 N–H and O–H groups in total. The van der Waals surface area contributed by atoms with Crippen LogP contribution in [0.4, 0.5) is 5.69 Å². The number of carbonyl (C=O) groups is 1. The smallest absolute Gasteiger partial charge is 0.246 e. The quantitative estimate of drug-likeness (QED) is 0.568. The van der Waals surface area contributed by atoms with Gasteiger partial charge >= 0.3 is 0 Å². The van der Waals surface area contributed by atoms with E-state index in [0.29, 0.717) is 13.1 Å². The van der Waals surface area contributed by atoms with Gasteiger partial charge < -0.3 is 14.5 Å². The van der Waals surface area contributed by atoms with Crippen molar-refractivity contribution in [2.75, 3.05) is 32.1 Å². The highest BCUT2D eigenvalue weighted by Gasteiger charge is 2.21. The zero-order valence-electron chi connectivity index (χ0n) is 14.9. The van der Waals surface area contributed by atoms with Crippen molar-refractivity contribution in [3.8, 4) is 0 Å². The Morgan fingerprint density at radius 1 is 1.25 bits per heavy atom. The lowest BCUT2D eigenvalue weighted by atomic mass is 10.1. The van der Waals surface area contributed by atoms with E-state index in [0.717, 1.165) is 30.7 Å². The minimum Gasteiger partial charge on any atom is -0.378 e. The fourth-order valence-electron chi connectivity index (χ4n) is 2.74. The molecule has 0 spiro atoms. The van der Waals surface area contributed by atoms with Gasteiger partial charge in [0.25, 0.3) is 0 Å². The summed E-state index contributed by atoms with van der Waals surface area (Å²) in [5.41, 5.74) is 2.29. The van der Waals surface area contributed by atoms with Gasteiger partial charge in [0.2, 0.25) is 5.91 Å². The van der Waals surface area contributed by atoms with Crippen molar-refractivity contribution < 1.29 is 9.53 Å². The molecule has 1 fully saturated rings. The highest BCUT2D eigenvalue weighted by Crippen LogP contribution is 2.17. The second-order valence-corrected chi connectivity index (χ2v) is 6.30. The summed E-state index contributed by atoms with van der Waals surface area (Å²) >= 11 is 0. The molecule has 0 aromatic heterocycles. The zero-order valence-corrected chi connectivity index (χ0v) is 14.9. The predicted octanol–water partition coefficient (Wildman–Crippen LogP) is 3.39. The molecule has 1 aliphatic heterocycles. The van der Waals surface area contributed by atoms with Crippen LogP contribution in [0.25, 0.3) is 0 Å². The molecule has 0 saturated carbocycles. The van der Waals surface area contributed by atoms with Crippen LogP contribution in [0.15, 0.2) is 48.6 Å². The van der Waals surface area contributed by atoms with Gasteiger partial charge in [-0.1, -0.05) is 30.4 Å². The number of nitrogens with zero attached hydrogens (tertiary/aromatic N) is 2. The van der Waals surface area contributed by atoms with E-state index < -0.39 is 0 Å². The average Bonchev–Trinajstić information content (AvgIpc) is 3.08. The molecular formula is C20H28N2O2. The van der Waals surface area contributed by atoms with Gasteiger partial charge in [0.15, 0.2) is 0 Å². The lowest BCUT2D eigenvalue weighted by molar-refractivity contribution is -0.128. The van der Waals surface area contributed by atoms with Gasteiger partial charge in [0, 0.05) is 45.6 Å². The van der Waals surface area contributed by atoms with Crippen molar-refractivity contribution in [1.82, 2.24) is 4.90 Å². The van der Waals surface area contributed by atoms with Gasteiger partial charge in [-0.15, -0.1) is 0 Å². The summed E-state index contributed by atoms with van der Waals surface area (Å²) in [6.07, 6.45) is 9.47. The van der Waals surface area contributed by atoms with Crippen LogP contribution in [0.3, 0.4) is 0 Å². The first kappa shape index (κ1) is 18.3. The van der Waals surface area contributed by atoms with Crippen molar-refractivity contribution in [1.29, 1.82) is 0 Å². The fraction of sp³-hybridized carbons (Fsp3) is 0.450. The monoisotopic (exact) mass is 328 g/mol. The first-order valence-electron chi connectivity index (χ1n) is 8.56. The Labute approximate surface area is 145 Å². The normalized spacial score (nSPS) is 17.7. The number of hydrogen-bond donors (Lipinski definition) is 0. The molecule has 1 atom stereocenters. The van der Waals surface area contributed by atoms with Crippen molar-refractivity contribution in [3.63, 3.8) is 0 Å². The lowest BCUT2D eigenvalue weighted by Gasteiger charge is -2.25. The third-order valence-electron chi connectivity index (χ3n) is 4.13. The van der Waals surface area contributed by atoms with E-state index in [9.17, 15) is 4.79 Å². The van der Waals surface area contributed by atoms with E-state index in [2.05, 4.69) is 29.2 Å². The standard InChI is InChI=1S/C20H28N2O2/c1-4-5-6-9-20(23)22(16-19-8-7-14-24-19)15-17-10-12-18(13-11-17)21(2)3/h4-6,9-13,19H,7-8,14-16H2,1-3H3. The predicted molar refractivity (Wildman–Crippen MR) is 99.1 cm³/mol. The van der Waals surface area contributed by atoms with E-state index >= 15 is 0 Å². The van der Waals surface area contributed by atoms with E-state index in [1.54, 1.807) is 12.2 Å². The Balaban J connectivity index is 2.07. The Bertz CT molecular complexity index is 570. The van der Waals surface area contributed by atoms with Gasteiger partial charge in [0.1, 0.15) is 0 Å². The summed E-state index contributed by atoms with van der Waals surface area (Å²) in [5, 5.41) is 0. The molecule has 1 aliphatic rings. The van der Waals surface area contributed by atoms with Gasteiger partial charge in [-0.3, -0.25) is 4.79 Å². The van der Waals surface area contributed by atoms with Crippen LogP contribution in [0.1, 0.15) is 25.3 Å². The molecule has 24 heavy (non-hydrogen) atoms. The minimum absolute atomic E-state index is 0.0280. The maximum Gasteiger partial charge on any atom is 0.246 e. The number of hydrogen-bond acceptors (Lipinski definition) is 3. The van der Waals surface area contributed by atoms with Gasteiger partial charge in [-0.05, 0) is 37.5 Å². The molecule has 0 aliphatic carbocycles. The van der Waals surface area contributed by atoms with E-state index in [1.165, 1.54) is 0 Å². The SMILES string of the molecule is CC=CC=CC(=O)N(Cc1ccc(N(C)C)cc1)CC1CCCO1. The lowest BCUT2D eigenvalue weighted by Crippen LogP contribution is -2.35. The number of benzene rings is 1. The summed E-state index contributed by atoms with van der Waals surface area (Å²) in [6.45, 7) is 3.99. The number of carbonyl (C=O) groups excluding carboxylic acids is 1. The Morgan fingerprint density at radius 3 is 2.58 bits per heavy atom. The molecular weight excluding hydrogens is 300 g/mol. The Morgan fingerprint density at radius 2 is 2.00 bits per heavy atom. The minimum atomic E-state index is 0.0280. The number of allylic oxidation sites excluding steroid dienone is 3. The number of amides is 1. The van der Waals surface area contributed by atoms with Gasteiger partial charge in [0.05, 0.1) is 6.10 Å². The van der Waals surface area contributed by atoms with Crippen molar-refractivity contribution in [3.05, 3.63) is 54.1 Å². The molecule has 1 unspecified atom stereocenters. The zero-order chi connectivity index (χ0) is 17.4. The maximum absolute atomic E-state index is 12.5. The third-order valence-corrected chi connectivity index (χ3v) is 4.13. The molecule has 1 aromatic carbocycles.